The van der Waals surface area contributed by atoms with Gasteiger partial charge in [-0.15, -0.1) is 0 Å². The highest BCUT2D eigenvalue weighted by molar-refractivity contribution is 7.93. The van der Waals surface area contributed by atoms with Crippen LogP contribution < -0.4 is 24.7 Å². The number of hydrogen-bond donors (Lipinski definition) is 2. The summed E-state index contributed by atoms with van der Waals surface area (Å²) in [5.74, 6) is 0.344. The molecule has 0 aliphatic rings. The third-order valence-electron chi connectivity index (χ3n) is 5.81. The molecular formula is C28H28N4O6S. The number of nitrogens with zero attached hydrogens (tertiary/aromatic N) is 2. The summed E-state index contributed by atoms with van der Waals surface area (Å²) in [5, 5.41) is 2.75. The number of carbonyl (C=O) groups is 1. The van der Waals surface area contributed by atoms with Gasteiger partial charge < -0.3 is 19.8 Å². The lowest BCUT2D eigenvalue weighted by Crippen LogP contribution is -2.38. The maximum Gasteiger partial charge on any atom is 0.268 e. The molecule has 1 heterocycles. The van der Waals surface area contributed by atoms with Crippen LogP contribution in [-0.4, -0.2) is 45.1 Å². The Morgan fingerprint density at radius 2 is 1.74 bits per heavy atom. The maximum absolute atomic E-state index is 13.9. The van der Waals surface area contributed by atoms with E-state index in [2.05, 4.69) is 15.3 Å². The van der Waals surface area contributed by atoms with Gasteiger partial charge in [-0.05, 0) is 55.8 Å². The standard InChI is InChI=1S/C28H28N4O6S/c1-18-11-12-24(38-4)25(13-18)39(35,36)32(22-9-6-10-23(16-22)37-3)17-27(34)30-21-8-5-7-20(15-21)28-29-19(2)14-26(33)31-28/h5-16H,17H2,1-4H3,(H,30,34)(H,29,31,33). The van der Waals surface area contributed by atoms with Gasteiger partial charge in [-0.25, -0.2) is 13.4 Å². The number of amides is 1. The first-order valence-electron chi connectivity index (χ1n) is 11.9. The predicted octanol–water partition coefficient (Wildman–Crippen LogP) is 3.90. The van der Waals surface area contributed by atoms with E-state index in [0.29, 0.717) is 34.1 Å². The summed E-state index contributed by atoms with van der Waals surface area (Å²) in [6.45, 7) is 2.95. The highest BCUT2D eigenvalue weighted by Crippen LogP contribution is 2.32. The van der Waals surface area contributed by atoms with Crippen LogP contribution in [0.1, 0.15) is 11.3 Å². The molecule has 39 heavy (non-hydrogen) atoms. The Morgan fingerprint density at radius 1 is 0.974 bits per heavy atom. The van der Waals surface area contributed by atoms with Gasteiger partial charge in [-0.3, -0.25) is 13.9 Å². The van der Waals surface area contributed by atoms with Crippen molar-refractivity contribution < 1.29 is 22.7 Å². The van der Waals surface area contributed by atoms with E-state index in [4.69, 9.17) is 9.47 Å². The zero-order valence-electron chi connectivity index (χ0n) is 21.9. The smallest absolute Gasteiger partial charge is 0.268 e. The van der Waals surface area contributed by atoms with Gasteiger partial charge in [0.05, 0.1) is 19.9 Å². The molecule has 0 saturated carbocycles. The van der Waals surface area contributed by atoms with Crippen molar-refractivity contribution in [2.24, 2.45) is 0 Å². The number of methoxy groups -OCH3 is 2. The van der Waals surface area contributed by atoms with Gasteiger partial charge in [0, 0.05) is 29.1 Å². The fourth-order valence-electron chi connectivity index (χ4n) is 3.98. The Morgan fingerprint density at radius 3 is 2.46 bits per heavy atom. The van der Waals surface area contributed by atoms with Crippen molar-refractivity contribution in [1.82, 2.24) is 9.97 Å². The number of nitrogens with one attached hydrogen (secondary N) is 2. The number of carbonyl (C=O) groups excluding carboxylic acids is 1. The minimum Gasteiger partial charge on any atom is -0.497 e. The van der Waals surface area contributed by atoms with Crippen LogP contribution in [0.5, 0.6) is 11.5 Å². The lowest BCUT2D eigenvalue weighted by atomic mass is 10.2. The molecule has 11 heteroatoms. The molecule has 0 saturated heterocycles. The molecule has 4 aromatic rings. The summed E-state index contributed by atoms with van der Waals surface area (Å²) >= 11 is 0. The SMILES string of the molecule is COc1cccc(N(CC(=O)Nc2cccc(-c3nc(C)cc(=O)[nH]3)c2)S(=O)(=O)c2cc(C)ccc2OC)c1. The summed E-state index contributed by atoms with van der Waals surface area (Å²) in [7, 11) is -1.40. The zero-order chi connectivity index (χ0) is 28.2. The molecule has 0 unspecified atom stereocenters. The second kappa shape index (κ2) is 11.4. The summed E-state index contributed by atoms with van der Waals surface area (Å²) in [6, 6.07) is 19.4. The molecule has 0 bridgehead atoms. The van der Waals surface area contributed by atoms with Crippen LogP contribution >= 0.6 is 0 Å². The minimum absolute atomic E-state index is 0.0721. The number of aromatic nitrogens is 2. The van der Waals surface area contributed by atoms with Crippen molar-refractivity contribution in [2.45, 2.75) is 18.7 Å². The molecule has 0 atom stereocenters. The molecule has 0 fully saturated rings. The normalized spacial score (nSPS) is 11.1. The minimum atomic E-state index is -4.25. The van der Waals surface area contributed by atoms with E-state index in [9.17, 15) is 18.0 Å². The molecule has 3 aromatic carbocycles. The molecule has 4 rings (SSSR count). The third kappa shape index (κ3) is 6.27. The number of aromatic amines is 1. The first-order chi connectivity index (χ1) is 18.6. The number of anilines is 2. The van der Waals surface area contributed by atoms with E-state index in [1.165, 1.54) is 32.4 Å². The van der Waals surface area contributed by atoms with Gasteiger partial charge in [0.15, 0.2) is 0 Å². The number of aryl methyl sites for hydroxylation is 2. The molecule has 1 aromatic heterocycles. The zero-order valence-corrected chi connectivity index (χ0v) is 22.7. The van der Waals surface area contributed by atoms with Gasteiger partial charge in [0.2, 0.25) is 5.91 Å². The van der Waals surface area contributed by atoms with Crippen LogP contribution in [0.25, 0.3) is 11.4 Å². The number of ether oxygens (including phenoxy) is 2. The van der Waals surface area contributed by atoms with E-state index >= 15 is 0 Å². The average molecular weight is 549 g/mol. The van der Waals surface area contributed by atoms with E-state index in [1.54, 1.807) is 68.4 Å². The average Bonchev–Trinajstić information content (AvgIpc) is 2.91. The number of benzene rings is 3. The lowest BCUT2D eigenvalue weighted by molar-refractivity contribution is -0.114. The fourth-order valence-corrected chi connectivity index (χ4v) is 5.63. The molecule has 202 valence electrons. The van der Waals surface area contributed by atoms with E-state index in [1.807, 2.05) is 0 Å². The topological polar surface area (TPSA) is 131 Å². The number of rotatable bonds is 9. The number of hydrogen-bond acceptors (Lipinski definition) is 7. The Balaban J connectivity index is 1.69. The first kappa shape index (κ1) is 27.4. The second-order valence-corrected chi connectivity index (χ2v) is 10.6. The molecule has 1 amide bonds. The highest BCUT2D eigenvalue weighted by Gasteiger charge is 2.30. The summed E-state index contributed by atoms with van der Waals surface area (Å²) in [4.78, 5) is 32.1. The first-order valence-corrected chi connectivity index (χ1v) is 13.3. The molecule has 10 nitrogen and oxygen atoms in total. The lowest BCUT2D eigenvalue weighted by Gasteiger charge is -2.25. The van der Waals surface area contributed by atoms with Crippen molar-refractivity contribution in [3.63, 3.8) is 0 Å². The van der Waals surface area contributed by atoms with Crippen molar-refractivity contribution >= 4 is 27.3 Å². The Bertz CT molecular complexity index is 1680. The fraction of sp³-hybridized carbons (Fsp3) is 0.179. The monoisotopic (exact) mass is 548 g/mol. The second-order valence-electron chi connectivity index (χ2n) is 8.73. The van der Waals surface area contributed by atoms with Gasteiger partial charge in [-0.1, -0.05) is 24.3 Å². The molecular weight excluding hydrogens is 520 g/mol. The van der Waals surface area contributed by atoms with Crippen molar-refractivity contribution in [3.8, 4) is 22.9 Å². The van der Waals surface area contributed by atoms with Crippen molar-refractivity contribution in [3.05, 3.63) is 94.4 Å². The number of H-pyrrole nitrogens is 1. The summed E-state index contributed by atoms with van der Waals surface area (Å²) < 4.78 is 39.5. The quantitative estimate of drug-likeness (QED) is 0.324. The highest BCUT2D eigenvalue weighted by atomic mass is 32.2. The summed E-state index contributed by atoms with van der Waals surface area (Å²) in [5.41, 5.74) is 2.19. The van der Waals surface area contributed by atoms with Crippen LogP contribution in [0.15, 0.2) is 82.5 Å². The van der Waals surface area contributed by atoms with Gasteiger partial charge in [0.1, 0.15) is 28.8 Å². The summed E-state index contributed by atoms with van der Waals surface area (Å²) in [6.07, 6.45) is 0. The number of sulfonamides is 1. The van der Waals surface area contributed by atoms with E-state index in [-0.39, 0.29) is 21.9 Å². The van der Waals surface area contributed by atoms with Gasteiger partial charge >= 0.3 is 0 Å². The van der Waals surface area contributed by atoms with Crippen LogP contribution in [0.2, 0.25) is 0 Å². The molecule has 0 aliphatic carbocycles. The van der Waals surface area contributed by atoms with Crippen molar-refractivity contribution in [1.29, 1.82) is 0 Å². The van der Waals surface area contributed by atoms with Crippen LogP contribution in [0, 0.1) is 13.8 Å². The van der Waals surface area contributed by atoms with Crippen molar-refractivity contribution in [2.75, 3.05) is 30.4 Å². The largest absolute Gasteiger partial charge is 0.497 e. The van der Waals surface area contributed by atoms with Gasteiger partial charge in [-0.2, -0.15) is 0 Å². The third-order valence-corrected chi connectivity index (χ3v) is 7.60. The Hall–Kier alpha value is -4.64. The molecule has 0 aliphatic heterocycles. The van der Waals surface area contributed by atoms with E-state index in [0.717, 1.165) is 4.31 Å². The molecule has 2 N–H and O–H groups in total. The van der Waals surface area contributed by atoms with Crippen LogP contribution in [-0.2, 0) is 14.8 Å². The Kier molecular flexibility index (Phi) is 8.01. The molecule has 0 radical (unpaired) electrons. The maximum atomic E-state index is 13.9. The Labute approximate surface area is 226 Å². The molecule has 0 spiro atoms. The predicted molar refractivity (Wildman–Crippen MR) is 149 cm³/mol. The van der Waals surface area contributed by atoms with Gasteiger partial charge in [0.25, 0.3) is 15.6 Å². The van der Waals surface area contributed by atoms with Crippen LogP contribution in [0.4, 0.5) is 11.4 Å². The van der Waals surface area contributed by atoms with E-state index < -0.39 is 22.5 Å². The van der Waals surface area contributed by atoms with Crippen LogP contribution in [0.3, 0.4) is 0 Å².